The number of fused-ring (bicyclic) bond motifs is 2. The number of carboxylic acid groups (broad SMARTS) is 1. The lowest BCUT2D eigenvalue weighted by atomic mass is 9.88. The van der Waals surface area contributed by atoms with Crippen LogP contribution in [0.4, 0.5) is 0 Å². The number of aliphatic carboxylic acids is 1. The molecular formula is C14H10O5. The number of hydrogen-bond acceptors (Lipinski definition) is 4. The number of carbonyl (C=O) groups is 1. The first-order valence-electron chi connectivity index (χ1n) is 5.63. The van der Waals surface area contributed by atoms with Crippen molar-refractivity contribution in [3.8, 4) is 23.0 Å². The molecule has 0 aromatic heterocycles. The number of aromatic hydroxyl groups is 2. The number of hydrogen-bond donors (Lipinski definition) is 3. The van der Waals surface area contributed by atoms with Gasteiger partial charge in [-0.05, 0) is 12.1 Å². The topological polar surface area (TPSA) is 87.0 Å². The van der Waals surface area contributed by atoms with Crippen LogP contribution in [0.5, 0.6) is 23.0 Å². The van der Waals surface area contributed by atoms with Gasteiger partial charge in [-0.25, -0.2) is 0 Å². The first-order valence-corrected chi connectivity index (χ1v) is 5.63. The Morgan fingerprint density at radius 1 is 0.947 bits per heavy atom. The van der Waals surface area contributed by atoms with Crippen LogP contribution in [0.1, 0.15) is 17.0 Å². The monoisotopic (exact) mass is 258 g/mol. The maximum Gasteiger partial charge on any atom is 0.315 e. The third-order valence-corrected chi connectivity index (χ3v) is 3.08. The van der Waals surface area contributed by atoms with Crippen LogP contribution in [0.3, 0.4) is 0 Å². The van der Waals surface area contributed by atoms with Crippen LogP contribution in [-0.2, 0) is 4.79 Å². The molecule has 0 radical (unpaired) electrons. The molecule has 1 aliphatic heterocycles. The lowest BCUT2D eigenvalue weighted by Gasteiger charge is -2.25. The van der Waals surface area contributed by atoms with Crippen LogP contribution in [0.2, 0.25) is 0 Å². The van der Waals surface area contributed by atoms with Crippen molar-refractivity contribution >= 4 is 5.97 Å². The number of phenols is 2. The van der Waals surface area contributed by atoms with Crippen LogP contribution in [0.15, 0.2) is 36.4 Å². The first-order chi connectivity index (χ1) is 9.06. The van der Waals surface area contributed by atoms with Gasteiger partial charge in [0.25, 0.3) is 0 Å². The quantitative estimate of drug-likeness (QED) is 0.731. The third kappa shape index (κ3) is 1.76. The van der Waals surface area contributed by atoms with E-state index in [9.17, 15) is 20.1 Å². The Morgan fingerprint density at radius 2 is 1.42 bits per heavy atom. The van der Waals surface area contributed by atoms with Gasteiger partial charge in [-0.2, -0.15) is 0 Å². The second-order valence-corrected chi connectivity index (χ2v) is 4.32. The van der Waals surface area contributed by atoms with Crippen molar-refractivity contribution in [2.24, 2.45) is 0 Å². The van der Waals surface area contributed by atoms with Gasteiger partial charge in [0.05, 0.1) is 0 Å². The number of rotatable bonds is 1. The Balaban J connectivity index is 2.23. The van der Waals surface area contributed by atoms with Gasteiger partial charge in [-0.15, -0.1) is 0 Å². The van der Waals surface area contributed by atoms with Crippen LogP contribution in [0.25, 0.3) is 0 Å². The molecule has 0 bridgehead atoms. The average molecular weight is 258 g/mol. The third-order valence-electron chi connectivity index (χ3n) is 3.08. The van der Waals surface area contributed by atoms with Gasteiger partial charge in [0, 0.05) is 23.3 Å². The normalized spacial score (nSPS) is 13.3. The first kappa shape index (κ1) is 11.4. The van der Waals surface area contributed by atoms with Gasteiger partial charge in [0.2, 0.25) is 0 Å². The fourth-order valence-corrected chi connectivity index (χ4v) is 2.25. The van der Waals surface area contributed by atoms with Crippen LogP contribution >= 0.6 is 0 Å². The molecular weight excluding hydrogens is 248 g/mol. The van der Waals surface area contributed by atoms with E-state index in [1.54, 1.807) is 0 Å². The standard InChI is InChI=1S/C14H10O5/c15-7-1-3-9-11(5-7)19-12-6-8(16)2-4-10(12)13(9)14(17)18/h1-6,13,15-16H,(H,17,18). The lowest BCUT2D eigenvalue weighted by molar-refractivity contribution is -0.137. The molecule has 0 amide bonds. The highest BCUT2D eigenvalue weighted by atomic mass is 16.5. The summed E-state index contributed by atoms with van der Waals surface area (Å²) in [6, 6.07) is 8.61. The predicted molar refractivity (Wildman–Crippen MR) is 65.8 cm³/mol. The van der Waals surface area contributed by atoms with E-state index in [0.29, 0.717) is 11.1 Å². The van der Waals surface area contributed by atoms with Gasteiger partial charge in [-0.3, -0.25) is 4.79 Å². The zero-order chi connectivity index (χ0) is 13.6. The van der Waals surface area contributed by atoms with Gasteiger partial charge in [-0.1, -0.05) is 12.1 Å². The van der Waals surface area contributed by atoms with Crippen molar-refractivity contribution in [2.45, 2.75) is 5.92 Å². The van der Waals surface area contributed by atoms with Crippen molar-refractivity contribution in [1.29, 1.82) is 0 Å². The molecule has 2 aromatic rings. The van der Waals surface area contributed by atoms with Gasteiger partial charge in [0.15, 0.2) is 0 Å². The second-order valence-electron chi connectivity index (χ2n) is 4.32. The van der Waals surface area contributed by atoms with Crippen LogP contribution in [-0.4, -0.2) is 21.3 Å². The molecule has 19 heavy (non-hydrogen) atoms. The Morgan fingerprint density at radius 3 is 1.84 bits per heavy atom. The summed E-state index contributed by atoms with van der Waals surface area (Å²) in [4.78, 5) is 11.5. The van der Waals surface area contributed by atoms with E-state index in [-0.39, 0.29) is 23.0 Å². The molecule has 0 atom stereocenters. The summed E-state index contributed by atoms with van der Waals surface area (Å²) in [5.74, 6) is -1.34. The summed E-state index contributed by atoms with van der Waals surface area (Å²) in [7, 11) is 0. The molecule has 0 saturated carbocycles. The minimum atomic E-state index is -1.01. The molecule has 0 unspecified atom stereocenters. The zero-order valence-corrected chi connectivity index (χ0v) is 9.70. The van der Waals surface area contributed by atoms with Gasteiger partial charge < -0.3 is 20.1 Å². The largest absolute Gasteiger partial charge is 0.508 e. The smallest absolute Gasteiger partial charge is 0.315 e. The Kier molecular flexibility index (Phi) is 2.35. The van der Waals surface area contributed by atoms with E-state index in [4.69, 9.17) is 4.74 Å². The maximum absolute atomic E-state index is 11.5. The van der Waals surface area contributed by atoms with E-state index in [2.05, 4.69) is 0 Å². The number of carboxylic acids is 1. The molecule has 5 nitrogen and oxygen atoms in total. The minimum Gasteiger partial charge on any atom is -0.508 e. The summed E-state index contributed by atoms with van der Waals surface area (Å²) in [5.41, 5.74) is 0.951. The molecule has 0 saturated heterocycles. The maximum atomic E-state index is 11.5. The van der Waals surface area contributed by atoms with E-state index >= 15 is 0 Å². The number of phenolic OH excluding ortho intramolecular Hbond substituents is 2. The molecule has 5 heteroatoms. The molecule has 2 aromatic carbocycles. The lowest BCUT2D eigenvalue weighted by Crippen LogP contribution is -2.18. The Labute approximate surface area is 108 Å². The summed E-state index contributed by atoms with van der Waals surface area (Å²) >= 11 is 0. The molecule has 3 N–H and O–H groups in total. The molecule has 1 heterocycles. The van der Waals surface area contributed by atoms with Crippen molar-refractivity contribution in [2.75, 3.05) is 0 Å². The van der Waals surface area contributed by atoms with E-state index in [0.717, 1.165) is 0 Å². The number of ether oxygens (including phenoxy) is 1. The molecule has 0 spiro atoms. The van der Waals surface area contributed by atoms with Crippen molar-refractivity contribution < 1.29 is 24.9 Å². The molecule has 96 valence electrons. The van der Waals surface area contributed by atoms with Gasteiger partial charge in [0.1, 0.15) is 28.9 Å². The number of benzene rings is 2. The molecule has 1 aliphatic rings. The highest BCUT2D eigenvalue weighted by molar-refractivity contribution is 5.84. The Hall–Kier alpha value is -2.69. The zero-order valence-electron chi connectivity index (χ0n) is 9.70. The fraction of sp³-hybridized carbons (Fsp3) is 0.0714. The average Bonchev–Trinajstić information content (AvgIpc) is 2.35. The molecule has 0 aliphatic carbocycles. The van der Waals surface area contributed by atoms with Crippen LogP contribution in [0, 0.1) is 0 Å². The molecule has 3 rings (SSSR count). The highest BCUT2D eigenvalue weighted by Crippen LogP contribution is 2.46. The second kappa shape index (κ2) is 3.91. The van der Waals surface area contributed by atoms with E-state index < -0.39 is 11.9 Å². The fourth-order valence-electron chi connectivity index (χ4n) is 2.25. The summed E-state index contributed by atoms with van der Waals surface area (Å²) in [6.45, 7) is 0. The van der Waals surface area contributed by atoms with Crippen LogP contribution < -0.4 is 4.74 Å². The summed E-state index contributed by atoms with van der Waals surface area (Å²) in [5, 5.41) is 28.3. The van der Waals surface area contributed by atoms with Gasteiger partial charge >= 0.3 is 5.97 Å². The van der Waals surface area contributed by atoms with Crippen molar-refractivity contribution in [1.82, 2.24) is 0 Å². The minimum absolute atomic E-state index is 0.00788. The molecule has 0 fully saturated rings. The Bertz CT molecular complexity index is 626. The predicted octanol–water partition coefficient (Wildman–Crippen LogP) is 2.42. The van der Waals surface area contributed by atoms with Crippen molar-refractivity contribution in [3.05, 3.63) is 47.5 Å². The summed E-state index contributed by atoms with van der Waals surface area (Å²) < 4.78 is 5.54. The van der Waals surface area contributed by atoms with E-state index in [1.807, 2.05) is 0 Å². The van der Waals surface area contributed by atoms with E-state index in [1.165, 1.54) is 36.4 Å². The summed E-state index contributed by atoms with van der Waals surface area (Å²) in [6.07, 6.45) is 0. The SMILES string of the molecule is O=C(O)C1c2ccc(O)cc2Oc2cc(O)ccc21. The van der Waals surface area contributed by atoms with Crippen molar-refractivity contribution in [3.63, 3.8) is 0 Å². The highest BCUT2D eigenvalue weighted by Gasteiger charge is 2.33.